The van der Waals surface area contributed by atoms with E-state index >= 15 is 0 Å². The number of nitrogens with zero attached hydrogens (tertiary/aromatic N) is 3. The maximum atomic E-state index is 7.62. The van der Waals surface area contributed by atoms with Gasteiger partial charge >= 0.3 is 0 Å². The molecule has 0 aromatic carbocycles. The van der Waals surface area contributed by atoms with Crippen molar-refractivity contribution in [1.82, 2.24) is 26.4 Å². The van der Waals surface area contributed by atoms with E-state index in [-0.39, 0.29) is 5.54 Å². The van der Waals surface area contributed by atoms with E-state index in [9.17, 15) is 0 Å². The molecule has 23 atom stereocenters. The fourth-order valence-electron chi connectivity index (χ4n) is 21.8. The van der Waals surface area contributed by atoms with Crippen molar-refractivity contribution in [3.63, 3.8) is 0 Å². The summed E-state index contributed by atoms with van der Waals surface area (Å²) in [6.07, 6.45) is 36.8. The average molecular weight is 1200 g/mol. The number of nitrogens with one attached hydrogen (secondary N) is 4. The summed E-state index contributed by atoms with van der Waals surface area (Å²) in [7, 11) is 0. The predicted octanol–water partition coefficient (Wildman–Crippen LogP) is 20.1. The second-order valence-corrected chi connectivity index (χ2v) is 32.0. The van der Waals surface area contributed by atoms with Crippen LogP contribution in [-0.4, -0.2) is 66.8 Å². The van der Waals surface area contributed by atoms with E-state index in [1.54, 1.807) is 6.07 Å². The van der Waals surface area contributed by atoms with Gasteiger partial charge < -0.3 is 21.3 Å². The Morgan fingerprint density at radius 1 is 0.581 bits per heavy atom. The zero-order valence-electron chi connectivity index (χ0n) is 61.7. The molecule has 0 radical (unpaired) electrons. The molecule has 0 bridgehead atoms. The lowest BCUT2D eigenvalue weighted by Crippen LogP contribution is -2.70. The summed E-state index contributed by atoms with van der Waals surface area (Å²) < 4.78 is 0. The zero-order valence-corrected chi connectivity index (χ0v) is 61.7. The summed E-state index contributed by atoms with van der Waals surface area (Å²) in [5, 5.41) is 22.9. The van der Waals surface area contributed by atoms with Crippen LogP contribution < -0.4 is 27.2 Å². The van der Waals surface area contributed by atoms with Gasteiger partial charge in [-0.3, -0.25) is 10.9 Å². The van der Waals surface area contributed by atoms with E-state index in [1.165, 1.54) is 174 Å². The molecule has 8 rings (SSSR count). The molecule has 0 aliphatic heterocycles. The predicted molar refractivity (Wildman–Crippen MR) is 376 cm³/mol. The fraction of sp³-hybridized carbons (Fsp3) is 0.974. The van der Waals surface area contributed by atoms with Crippen LogP contribution >= 0.6 is 0 Å². The highest BCUT2D eigenvalue weighted by molar-refractivity contribution is 5.18. The van der Waals surface area contributed by atoms with E-state index < -0.39 is 0 Å². The highest BCUT2D eigenvalue weighted by Crippen LogP contribution is 2.71. The summed E-state index contributed by atoms with van der Waals surface area (Å²) in [4.78, 5) is 2.58. The zero-order chi connectivity index (χ0) is 64.6. The molecule has 8 heteroatoms. The first kappa shape index (κ1) is 79.0. The van der Waals surface area contributed by atoms with Gasteiger partial charge in [0.25, 0.3) is 0 Å². The topological polar surface area (TPSA) is 125 Å². The molecule has 8 fully saturated rings. The number of hydrogen-bond donors (Lipinski definition) is 5. The highest BCUT2D eigenvalue weighted by Gasteiger charge is 2.66. The largest absolute Gasteiger partial charge is 0.325 e. The minimum Gasteiger partial charge on any atom is -0.325 e. The summed E-state index contributed by atoms with van der Waals surface area (Å²) in [6, 6.07) is 6.54. The number of nitriles is 2. The third-order valence-electron chi connectivity index (χ3n) is 26.4. The Bertz CT molecular complexity index is 1910. The number of hydrogen-bond acceptors (Lipinski definition) is 8. The number of nitrogens with two attached hydrogens (primary N) is 1. The van der Waals surface area contributed by atoms with Gasteiger partial charge in [0.2, 0.25) is 0 Å². The number of unbranched alkanes of at least 4 members (excludes halogenated alkanes) is 3. The van der Waals surface area contributed by atoms with Gasteiger partial charge in [-0.1, -0.05) is 176 Å². The third kappa shape index (κ3) is 19.4. The maximum absolute atomic E-state index is 7.62. The highest BCUT2D eigenvalue weighted by atomic mass is 15.4. The average Bonchev–Trinajstić information content (AvgIpc) is 1.19. The van der Waals surface area contributed by atoms with Gasteiger partial charge in [0.1, 0.15) is 0 Å². The Labute approximate surface area is 538 Å². The SMILES string of the molecule is CC.CC#N.CCC#N.CCCC(C)C1CCC2C3C(C)CC4(N)CC(NNC(C)CC)CCC4(C)C3CCC12C.CCCC(C)C1CCC2C3C(C)CC4CC(NC(C)CNC(C)CN(CC)CCC)CCC4(C)C3CCC12C.CCCCCC. The molecule has 8 nitrogen and oxygen atoms in total. The third-order valence-corrected chi connectivity index (χ3v) is 26.4. The summed E-state index contributed by atoms with van der Waals surface area (Å²) >= 11 is 0. The van der Waals surface area contributed by atoms with Crippen molar-refractivity contribution in [2.45, 2.75) is 361 Å². The fourth-order valence-corrected chi connectivity index (χ4v) is 21.8. The molecule has 6 N–H and O–H groups in total. The number of fused-ring (bicyclic) bond motifs is 10. The molecule has 86 heavy (non-hydrogen) atoms. The molecule has 0 spiro atoms. The van der Waals surface area contributed by atoms with Crippen LogP contribution in [0.2, 0.25) is 0 Å². The minimum atomic E-state index is -0.0120. The van der Waals surface area contributed by atoms with Crippen LogP contribution in [0.15, 0.2) is 0 Å². The van der Waals surface area contributed by atoms with Crippen molar-refractivity contribution < 1.29 is 0 Å². The number of rotatable bonds is 23. The first-order valence-electron chi connectivity index (χ1n) is 38.1. The molecule has 0 aromatic heterocycles. The van der Waals surface area contributed by atoms with E-state index in [4.69, 9.17) is 16.3 Å². The molecule has 0 amide bonds. The summed E-state index contributed by atoms with van der Waals surface area (Å²) in [5.41, 5.74) is 16.8. The molecule has 0 heterocycles. The van der Waals surface area contributed by atoms with E-state index in [2.05, 4.69) is 151 Å². The Kier molecular flexibility index (Phi) is 34.9. The number of hydrazine groups is 1. The van der Waals surface area contributed by atoms with Crippen molar-refractivity contribution in [2.75, 3.05) is 26.2 Å². The van der Waals surface area contributed by atoms with Gasteiger partial charge in [0, 0.05) is 62.2 Å². The second-order valence-electron chi connectivity index (χ2n) is 32.0. The Balaban J connectivity index is 0.000000369. The Morgan fingerprint density at radius 3 is 1.57 bits per heavy atom. The molecule has 0 saturated heterocycles. The van der Waals surface area contributed by atoms with Crippen molar-refractivity contribution >= 4 is 0 Å². The minimum absolute atomic E-state index is 0.0120. The van der Waals surface area contributed by atoms with Gasteiger partial charge in [-0.15, -0.1) is 0 Å². The smallest absolute Gasteiger partial charge is 0.0618 e. The van der Waals surface area contributed by atoms with Crippen molar-refractivity contribution in [3.05, 3.63) is 0 Å². The molecule has 8 saturated carbocycles. The Morgan fingerprint density at radius 2 is 1.08 bits per heavy atom. The van der Waals surface area contributed by atoms with Gasteiger partial charge in [0.05, 0.1) is 12.1 Å². The molecular weight excluding hydrogens is 1050 g/mol. The second kappa shape index (κ2) is 38.1. The molecule has 8 aliphatic rings. The van der Waals surface area contributed by atoms with Crippen LogP contribution in [-0.2, 0) is 0 Å². The Hall–Kier alpha value is -1.26. The van der Waals surface area contributed by atoms with Gasteiger partial charge in [0.15, 0.2) is 0 Å². The summed E-state index contributed by atoms with van der Waals surface area (Å²) in [5.74, 6) is 12.0. The molecular formula is C78H152N8. The van der Waals surface area contributed by atoms with Crippen LogP contribution in [0.25, 0.3) is 0 Å². The number of likely N-dealkylation sites (N-methyl/N-ethyl adjacent to an activating group) is 1. The first-order valence-corrected chi connectivity index (χ1v) is 38.1. The lowest BCUT2D eigenvalue weighted by atomic mass is 9.40. The van der Waals surface area contributed by atoms with Crippen LogP contribution in [0.1, 0.15) is 326 Å². The lowest BCUT2D eigenvalue weighted by molar-refractivity contribution is -0.151. The molecule has 8 aliphatic carbocycles. The van der Waals surface area contributed by atoms with Crippen LogP contribution in [0.3, 0.4) is 0 Å². The molecule has 23 unspecified atom stereocenters. The van der Waals surface area contributed by atoms with Gasteiger partial charge in [-0.25, -0.2) is 0 Å². The molecule has 504 valence electrons. The maximum Gasteiger partial charge on any atom is 0.0618 e. The van der Waals surface area contributed by atoms with Crippen molar-refractivity contribution in [3.8, 4) is 12.1 Å². The van der Waals surface area contributed by atoms with E-state index in [0.29, 0.717) is 58.3 Å². The summed E-state index contributed by atoms with van der Waals surface area (Å²) in [6.45, 7) is 56.2. The normalized spacial score (nSPS) is 39.0. The quantitative estimate of drug-likeness (QED) is 0.0506. The van der Waals surface area contributed by atoms with Crippen LogP contribution in [0.5, 0.6) is 0 Å². The lowest BCUT2D eigenvalue weighted by Gasteiger charge is -2.67. The van der Waals surface area contributed by atoms with E-state index in [0.717, 1.165) is 103 Å². The van der Waals surface area contributed by atoms with Crippen molar-refractivity contribution in [1.29, 1.82) is 10.5 Å². The van der Waals surface area contributed by atoms with Crippen molar-refractivity contribution in [2.24, 2.45) is 104 Å². The molecule has 0 aromatic rings. The van der Waals surface area contributed by atoms with Gasteiger partial charge in [-0.2, -0.15) is 10.5 Å². The van der Waals surface area contributed by atoms with Gasteiger partial charge in [-0.05, 0) is 248 Å². The van der Waals surface area contributed by atoms with Crippen LogP contribution in [0, 0.1) is 121 Å². The first-order chi connectivity index (χ1) is 40.9. The van der Waals surface area contributed by atoms with Crippen LogP contribution in [0.4, 0.5) is 0 Å². The monoisotopic (exact) mass is 1200 g/mol. The standard InChI is InChI=1S/C36H69N3.C29H55N3.C6H14.C3H5N.C2H3N.C2H6/c1-10-13-25(4)31-14-15-32-34-26(5)21-29-22-30(16-18-35(29,8)33(34)17-19-36(31,32)9)38-27(6)23-37-28(7)24-39(12-3)20-11-2;1-8-10-19(3)23-11-12-24-26-20(4)17-29(30)18-22(32-31-21(5)9-2)13-16-28(29,7)25(26)14-15-27(23,24)6;1-3-5-6-4-2;1-2-3-4;1-2-3;1-2/h25-34,37-38H,10-24H2,1-9H3;19-26,31-32H,8-18,30H2,1-7H3;3-6H2,1-2H3;2H2,1H3;1H3;1-2H3. The van der Waals surface area contributed by atoms with E-state index in [1.807, 2.05) is 26.8 Å².